The van der Waals surface area contributed by atoms with E-state index < -0.39 is 39.6 Å². The van der Waals surface area contributed by atoms with Crippen molar-refractivity contribution in [1.29, 1.82) is 0 Å². The fourth-order valence-corrected chi connectivity index (χ4v) is 5.15. The third kappa shape index (κ3) is 5.05. The Kier molecular flexibility index (Phi) is 7.47. The summed E-state index contributed by atoms with van der Waals surface area (Å²) in [5, 5.41) is 2.71. The largest absolute Gasteiger partial charge is 0.354 e. The Balaban J connectivity index is 1.79. The molecule has 0 spiro atoms. The predicted octanol–water partition coefficient (Wildman–Crippen LogP) is 2.30. The first-order valence-corrected chi connectivity index (χ1v) is 12.1. The fraction of sp³-hybridized carbons (Fsp3) is 0.348. The van der Waals surface area contributed by atoms with Gasteiger partial charge < -0.3 is 10.2 Å². The van der Waals surface area contributed by atoms with Crippen LogP contribution in [-0.4, -0.2) is 54.5 Å². The summed E-state index contributed by atoms with van der Waals surface area (Å²) in [6, 6.07) is 10.8. The van der Waals surface area contributed by atoms with Crippen molar-refractivity contribution in [3.05, 3.63) is 65.5 Å². The average molecular weight is 476 g/mol. The van der Waals surface area contributed by atoms with Crippen molar-refractivity contribution in [2.24, 2.45) is 0 Å². The summed E-state index contributed by atoms with van der Waals surface area (Å²) in [5.41, 5.74) is 0.277. The molecule has 1 heterocycles. The summed E-state index contributed by atoms with van der Waals surface area (Å²) < 4.78 is 40.4. The van der Waals surface area contributed by atoms with Crippen LogP contribution in [0.2, 0.25) is 0 Å². The maximum Gasteiger partial charge on any atom is 0.269 e. The van der Waals surface area contributed by atoms with Crippen molar-refractivity contribution in [2.45, 2.75) is 44.2 Å². The van der Waals surface area contributed by atoms with Crippen LogP contribution < -0.4 is 5.32 Å². The Morgan fingerprint density at radius 2 is 1.79 bits per heavy atom. The van der Waals surface area contributed by atoms with Gasteiger partial charge in [0, 0.05) is 31.6 Å². The molecule has 1 aliphatic heterocycles. The smallest absolute Gasteiger partial charge is 0.269 e. The zero-order valence-corrected chi connectivity index (χ0v) is 19.3. The van der Waals surface area contributed by atoms with Crippen LogP contribution in [0.1, 0.15) is 42.6 Å². The minimum atomic E-state index is -4.06. The van der Waals surface area contributed by atoms with Gasteiger partial charge in [0.15, 0.2) is 0 Å². The van der Waals surface area contributed by atoms with Gasteiger partial charge in [0.05, 0.1) is 5.56 Å². The number of benzene rings is 2. The Morgan fingerprint density at radius 3 is 2.45 bits per heavy atom. The maximum absolute atomic E-state index is 14.2. The fourth-order valence-electron chi connectivity index (χ4n) is 3.58. The van der Waals surface area contributed by atoms with E-state index in [0.717, 1.165) is 0 Å². The quantitative estimate of drug-likeness (QED) is 0.599. The molecule has 3 rings (SSSR count). The van der Waals surface area contributed by atoms with Crippen molar-refractivity contribution in [2.75, 3.05) is 13.1 Å². The molecule has 33 heavy (non-hydrogen) atoms. The zero-order chi connectivity index (χ0) is 24.2. The van der Waals surface area contributed by atoms with Crippen LogP contribution in [0.4, 0.5) is 4.39 Å². The molecular formula is C23H26FN3O5S. The van der Waals surface area contributed by atoms with Crippen molar-refractivity contribution in [3.63, 3.8) is 0 Å². The number of fused-ring (bicyclic) bond motifs is 1. The average Bonchev–Trinajstić information content (AvgIpc) is 3.00. The lowest BCUT2D eigenvalue weighted by Crippen LogP contribution is -2.48. The summed E-state index contributed by atoms with van der Waals surface area (Å²) in [4.78, 5) is 39.3. The van der Waals surface area contributed by atoms with E-state index in [0.29, 0.717) is 17.3 Å². The molecule has 0 saturated heterocycles. The van der Waals surface area contributed by atoms with Gasteiger partial charge in [-0.3, -0.25) is 14.4 Å². The highest BCUT2D eigenvalue weighted by atomic mass is 32.2. The lowest BCUT2D eigenvalue weighted by atomic mass is 10.1. The molecule has 0 aromatic heterocycles. The molecule has 0 fully saturated rings. The van der Waals surface area contributed by atoms with Crippen LogP contribution in [0.25, 0.3) is 0 Å². The second kappa shape index (κ2) is 10.1. The van der Waals surface area contributed by atoms with Crippen LogP contribution >= 0.6 is 0 Å². The molecule has 0 saturated carbocycles. The molecule has 0 aliphatic carbocycles. The van der Waals surface area contributed by atoms with Crippen molar-refractivity contribution >= 4 is 27.7 Å². The van der Waals surface area contributed by atoms with Gasteiger partial charge in [-0.15, -0.1) is 0 Å². The Bertz CT molecular complexity index is 1170. The predicted molar refractivity (Wildman–Crippen MR) is 119 cm³/mol. The summed E-state index contributed by atoms with van der Waals surface area (Å²) in [6.07, 6.45) is 0.355. The van der Waals surface area contributed by atoms with E-state index in [9.17, 15) is 27.2 Å². The summed E-state index contributed by atoms with van der Waals surface area (Å²) >= 11 is 0. The molecule has 1 atom stereocenters. The molecule has 8 nitrogen and oxygen atoms in total. The molecule has 3 amide bonds. The Labute approximate surface area is 192 Å². The number of hydrogen-bond acceptors (Lipinski definition) is 5. The van der Waals surface area contributed by atoms with E-state index in [2.05, 4.69) is 5.32 Å². The van der Waals surface area contributed by atoms with Crippen LogP contribution in [-0.2, 0) is 26.2 Å². The first kappa shape index (κ1) is 24.4. The van der Waals surface area contributed by atoms with E-state index in [-0.39, 0.29) is 35.5 Å². The standard InChI is InChI=1S/C23H26FN3O5S/c1-3-13-25-22(29)16(2)26(15-17-8-4-6-10-19(17)24)21(28)12-14-27-23(30)18-9-5-7-11-20(18)33(27,31)32/h4-11,16H,3,12-15H2,1-2H3,(H,25,29). The third-order valence-corrected chi connectivity index (χ3v) is 7.30. The van der Waals surface area contributed by atoms with Gasteiger partial charge in [0.2, 0.25) is 11.8 Å². The maximum atomic E-state index is 14.2. The van der Waals surface area contributed by atoms with Gasteiger partial charge in [-0.25, -0.2) is 17.1 Å². The lowest BCUT2D eigenvalue weighted by Gasteiger charge is -2.29. The molecule has 2 aromatic rings. The highest BCUT2D eigenvalue weighted by molar-refractivity contribution is 7.90. The van der Waals surface area contributed by atoms with Crippen molar-refractivity contribution in [3.8, 4) is 0 Å². The first-order valence-electron chi connectivity index (χ1n) is 10.6. The Hall–Kier alpha value is -3.27. The number of nitrogens with zero attached hydrogens (tertiary/aromatic N) is 2. The van der Waals surface area contributed by atoms with Gasteiger partial charge in [0.25, 0.3) is 15.9 Å². The van der Waals surface area contributed by atoms with Gasteiger partial charge in [-0.05, 0) is 31.5 Å². The van der Waals surface area contributed by atoms with Gasteiger partial charge in [-0.1, -0.05) is 37.3 Å². The minimum Gasteiger partial charge on any atom is -0.354 e. The van der Waals surface area contributed by atoms with Crippen LogP contribution in [0.3, 0.4) is 0 Å². The monoisotopic (exact) mass is 475 g/mol. The molecule has 0 bridgehead atoms. The van der Waals surface area contributed by atoms with Gasteiger partial charge in [-0.2, -0.15) is 0 Å². The number of halogens is 1. The van der Waals surface area contributed by atoms with Gasteiger partial charge >= 0.3 is 0 Å². The Morgan fingerprint density at radius 1 is 1.12 bits per heavy atom. The second-order valence-electron chi connectivity index (χ2n) is 7.71. The number of rotatable bonds is 9. The van der Waals surface area contributed by atoms with Gasteiger partial charge in [0.1, 0.15) is 16.8 Å². The molecule has 1 N–H and O–H groups in total. The van der Waals surface area contributed by atoms with E-state index >= 15 is 0 Å². The van der Waals surface area contributed by atoms with Crippen LogP contribution in [0, 0.1) is 5.82 Å². The first-order chi connectivity index (χ1) is 15.7. The molecule has 176 valence electrons. The minimum absolute atomic E-state index is 0.0560. The number of carbonyl (C=O) groups is 3. The van der Waals surface area contributed by atoms with Crippen LogP contribution in [0.15, 0.2) is 53.4 Å². The van der Waals surface area contributed by atoms with E-state index in [4.69, 9.17) is 0 Å². The lowest BCUT2D eigenvalue weighted by molar-refractivity contribution is -0.140. The number of sulfonamides is 1. The number of amides is 3. The van der Waals surface area contributed by atoms with Crippen molar-refractivity contribution < 1.29 is 27.2 Å². The second-order valence-corrected chi connectivity index (χ2v) is 9.54. The third-order valence-electron chi connectivity index (χ3n) is 5.46. The summed E-state index contributed by atoms with van der Waals surface area (Å²) in [6.45, 7) is 3.28. The molecular weight excluding hydrogens is 449 g/mol. The van der Waals surface area contributed by atoms with E-state index in [1.54, 1.807) is 12.1 Å². The SMILES string of the molecule is CCCNC(=O)C(C)N(Cc1ccccc1F)C(=O)CCN1C(=O)c2ccccc2S1(=O)=O. The molecule has 0 radical (unpaired) electrons. The van der Waals surface area contributed by atoms with E-state index in [1.165, 1.54) is 48.2 Å². The molecule has 1 aliphatic rings. The van der Waals surface area contributed by atoms with Crippen molar-refractivity contribution in [1.82, 2.24) is 14.5 Å². The topological polar surface area (TPSA) is 104 Å². The highest BCUT2D eigenvalue weighted by Crippen LogP contribution is 2.30. The van der Waals surface area contributed by atoms with E-state index in [1.807, 2.05) is 6.92 Å². The summed E-state index contributed by atoms with van der Waals surface area (Å²) in [7, 11) is -4.06. The zero-order valence-electron chi connectivity index (χ0n) is 18.5. The highest BCUT2D eigenvalue weighted by Gasteiger charge is 2.41. The summed E-state index contributed by atoms with van der Waals surface area (Å²) in [5.74, 6) is -2.20. The van der Waals surface area contributed by atoms with Crippen LogP contribution in [0.5, 0.6) is 0 Å². The normalized spacial score (nSPS) is 15.1. The number of nitrogens with one attached hydrogen (secondary N) is 1. The number of carbonyl (C=O) groups excluding carboxylic acids is 3. The molecule has 1 unspecified atom stereocenters. The molecule has 2 aromatic carbocycles. The molecule has 10 heteroatoms. The number of hydrogen-bond donors (Lipinski definition) is 1.